The average molecular weight is 197 g/mol. The molecule has 0 radical (unpaired) electrons. The minimum Gasteiger partial charge on any atom is -0.408 e. The molecule has 1 aliphatic rings. The van der Waals surface area contributed by atoms with Gasteiger partial charge in [0.2, 0.25) is 5.89 Å². The molecule has 1 saturated carbocycles. The SMILES string of the molecule is Cc1nnc(NCCC2CC(O)C2)o1. The fourth-order valence-corrected chi connectivity index (χ4v) is 1.69. The van der Waals surface area contributed by atoms with Gasteiger partial charge in [-0.15, -0.1) is 5.10 Å². The van der Waals surface area contributed by atoms with Crippen LogP contribution in [0.5, 0.6) is 0 Å². The van der Waals surface area contributed by atoms with Crippen LogP contribution in [0.25, 0.3) is 0 Å². The van der Waals surface area contributed by atoms with Crippen LogP contribution in [0, 0.1) is 12.8 Å². The van der Waals surface area contributed by atoms with E-state index >= 15 is 0 Å². The summed E-state index contributed by atoms with van der Waals surface area (Å²) in [5.41, 5.74) is 0. The maximum absolute atomic E-state index is 9.08. The van der Waals surface area contributed by atoms with Gasteiger partial charge in [0.05, 0.1) is 6.10 Å². The number of rotatable bonds is 4. The van der Waals surface area contributed by atoms with Crippen LogP contribution >= 0.6 is 0 Å². The van der Waals surface area contributed by atoms with Gasteiger partial charge >= 0.3 is 6.01 Å². The lowest BCUT2D eigenvalue weighted by atomic mass is 9.80. The second kappa shape index (κ2) is 3.96. The first kappa shape index (κ1) is 9.45. The Morgan fingerprint density at radius 3 is 2.86 bits per heavy atom. The first-order chi connectivity index (χ1) is 6.74. The Morgan fingerprint density at radius 2 is 2.29 bits per heavy atom. The van der Waals surface area contributed by atoms with Crippen LogP contribution in [0.4, 0.5) is 6.01 Å². The van der Waals surface area contributed by atoms with Crippen LogP contribution < -0.4 is 5.32 Å². The summed E-state index contributed by atoms with van der Waals surface area (Å²) in [6.45, 7) is 2.60. The van der Waals surface area contributed by atoms with Gasteiger partial charge in [-0.25, -0.2) is 0 Å². The Morgan fingerprint density at radius 1 is 1.50 bits per heavy atom. The molecule has 0 bridgehead atoms. The number of nitrogens with zero attached hydrogens (tertiary/aromatic N) is 2. The van der Waals surface area contributed by atoms with Crippen molar-refractivity contribution in [1.82, 2.24) is 10.2 Å². The number of aromatic nitrogens is 2. The van der Waals surface area contributed by atoms with Crippen LogP contribution in [-0.2, 0) is 0 Å². The Bertz CT molecular complexity index is 294. The molecule has 5 nitrogen and oxygen atoms in total. The van der Waals surface area contributed by atoms with Crippen molar-refractivity contribution in [2.75, 3.05) is 11.9 Å². The number of aliphatic hydroxyl groups is 1. The molecule has 1 heterocycles. The van der Waals surface area contributed by atoms with Crippen LogP contribution in [-0.4, -0.2) is 28.0 Å². The second-order valence-electron chi connectivity index (χ2n) is 3.83. The molecule has 14 heavy (non-hydrogen) atoms. The number of hydrogen-bond donors (Lipinski definition) is 2. The highest BCUT2D eigenvalue weighted by Gasteiger charge is 2.26. The summed E-state index contributed by atoms with van der Waals surface area (Å²) in [5, 5.41) is 19.7. The van der Waals surface area contributed by atoms with E-state index in [9.17, 15) is 0 Å². The highest BCUT2D eigenvalue weighted by Crippen LogP contribution is 2.29. The summed E-state index contributed by atoms with van der Waals surface area (Å²) in [6, 6.07) is 0.488. The van der Waals surface area contributed by atoms with Crippen molar-refractivity contribution in [1.29, 1.82) is 0 Å². The standard InChI is InChI=1S/C9H15N3O2/c1-6-11-12-9(14-6)10-3-2-7-4-8(13)5-7/h7-8,13H,2-5H2,1H3,(H,10,12). The monoisotopic (exact) mass is 197 g/mol. The van der Waals surface area contributed by atoms with Gasteiger partial charge < -0.3 is 14.8 Å². The third kappa shape index (κ3) is 2.23. The largest absolute Gasteiger partial charge is 0.408 e. The molecule has 0 aromatic carbocycles. The number of aryl methyl sites for hydroxylation is 1. The summed E-state index contributed by atoms with van der Waals surface area (Å²) >= 11 is 0. The molecular formula is C9H15N3O2. The first-order valence-corrected chi connectivity index (χ1v) is 4.96. The van der Waals surface area contributed by atoms with Crippen molar-refractivity contribution >= 4 is 6.01 Å². The Labute approximate surface area is 82.5 Å². The molecular weight excluding hydrogens is 182 g/mol. The van der Waals surface area contributed by atoms with Gasteiger partial charge in [-0.05, 0) is 25.2 Å². The van der Waals surface area contributed by atoms with Crippen LogP contribution in [0.15, 0.2) is 4.42 Å². The molecule has 0 amide bonds. The Kier molecular flexibility index (Phi) is 2.67. The quantitative estimate of drug-likeness (QED) is 0.752. The molecule has 0 unspecified atom stereocenters. The second-order valence-corrected chi connectivity index (χ2v) is 3.83. The van der Waals surface area contributed by atoms with Crippen molar-refractivity contribution in [3.05, 3.63) is 5.89 Å². The number of hydrogen-bond acceptors (Lipinski definition) is 5. The number of aliphatic hydroxyl groups excluding tert-OH is 1. The highest BCUT2D eigenvalue weighted by atomic mass is 16.4. The third-order valence-corrected chi connectivity index (χ3v) is 2.57. The van der Waals surface area contributed by atoms with Gasteiger partial charge in [-0.2, -0.15) is 0 Å². The molecule has 2 N–H and O–H groups in total. The van der Waals surface area contributed by atoms with Crippen LogP contribution in [0.3, 0.4) is 0 Å². The van der Waals surface area contributed by atoms with Crippen molar-refractivity contribution < 1.29 is 9.52 Å². The average Bonchev–Trinajstić information content (AvgIpc) is 2.48. The lowest BCUT2D eigenvalue weighted by molar-refractivity contribution is 0.0407. The third-order valence-electron chi connectivity index (χ3n) is 2.57. The summed E-state index contributed by atoms with van der Waals surface area (Å²) in [6.07, 6.45) is 2.86. The minimum absolute atomic E-state index is 0.0642. The van der Waals surface area contributed by atoms with Crippen LogP contribution in [0.1, 0.15) is 25.2 Å². The predicted octanol–water partition coefficient (Wildman–Crippen LogP) is 0.951. The molecule has 0 saturated heterocycles. The maximum Gasteiger partial charge on any atom is 0.315 e. The topological polar surface area (TPSA) is 71.2 Å². The zero-order valence-corrected chi connectivity index (χ0v) is 8.23. The van der Waals surface area contributed by atoms with E-state index in [1.165, 1.54) is 0 Å². The van der Waals surface area contributed by atoms with Gasteiger partial charge in [0, 0.05) is 13.5 Å². The zero-order valence-electron chi connectivity index (χ0n) is 8.23. The maximum atomic E-state index is 9.08. The lowest BCUT2D eigenvalue weighted by Crippen LogP contribution is -2.29. The first-order valence-electron chi connectivity index (χ1n) is 4.96. The van der Waals surface area contributed by atoms with Gasteiger partial charge in [-0.1, -0.05) is 5.10 Å². The highest BCUT2D eigenvalue weighted by molar-refractivity contribution is 5.16. The van der Waals surface area contributed by atoms with Crippen LogP contribution in [0.2, 0.25) is 0 Å². The molecule has 0 spiro atoms. The summed E-state index contributed by atoms with van der Waals surface area (Å²) in [7, 11) is 0. The van der Waals surface area contributed by atoms with E-state index in [2.05, 4.69) is 15.5 Å². The Balaban J connectivity index is 1.63. The van der Waals surface area contributed by atoms with Crippen molar-refractivity contribution in [3.8, 4) is 0 Å². The fraction of sp³-hybridized carbons (Fsp3) is 0.778. The fourth-order valence-electron chi connectivity index (χ4n) is 1.69. The number of nitrogens with one attached hydrogen (secondary N) is 1. The molecule has 78 valence electrons. The molecule has 5 heteroatoms. The minimum atomic E-state index is -0.0642. The van der Waals surface area contributed by atoms with E-state index in [0.717, 1.165) is 25.8 Å². The molecule has 1 aliphatic carbocycles. The lowest BCUT2D eigenvalue weighted by Gasteiger charge is -2.31. The normalized spacial score (nSPS) is 25.9. The van der Waals surface area contributed by atoms with Gasteiger partial charge in [0.25, 0.3) is 0 Å². The van der Waals surface area contributed by atoms with E-state index in [0.29, 0.717) is 17.8 Å². The van der Waals surface area contributed by atoms with Gasteiger partial charge in [0.1, 0.15) is 0 Å². The molecule has 1 fully saturated rings. The predicted molar refractivity (Wildman–Crippen MR) is 50.9 cm³/mol. The molecule has 0 atom stereocenters. The number of anilines is 1. The van der Waals surface area contributed by atoms with Crippen molar-refractivity contribution in [2.24, 2.45) is 5.92 Å². The van der Waals surface area contributed by atoms with E-state index in [-0.39, 0.29) is 6.10 Å². The van der Waals surface area contributed by atoms with E-state index < -0.39 is 0 Å². The molecule has 1 aromatic rings. The smallest absolute Gasteiger partial charge is 0.315 e. The van der Waals surface area contributed by atoms with Crippen molar-refractivity contribution in [3.63, 3.8) is 0 Å². The summed E-state index contributed by atoms with van der Waals surface area (Å²) in [5.74, 6) is 1.23. The van der Waals surface area contributed by atoms with E-state index in [1.54, 1.807) is 6.92 Å². The summed E-state index contributed by atoms with van der Waals surface area (Å²) < 4.78 is 5.16. The Hall–Kier alpha value is -1.10. The molecule has 0 aliphatic heterocycles. The molecule has 2 rings (SSSR count). The summed E-state index contributed by atoms with van der Waals surface area (Å²) in [4.78, 5) is 0. The molecule has 1 aromatic heterocycles. The van der Waals surface area contributed by atoms with E-state index in [1.807, 2.05) is 0 Å². The van der Waals surface area contributed by atoms with Gasteiger partial charge in [0.15, 0.2) is 0 Å². The van der Waals surface area contributed by atoms with Crippen molar-refractivity contribution in [2.45, 2.75) is 32.3 Å². The van der Waals surface area contributed by atoms with E-state index in [4.69, 9.17) is 9.52 Å². The zero-order chi connectivity index (χ0) is 9.97. The van der Waals surface area contributed by atoms with Gasteiger partial charge in [-0.3, -0.25) is 0 Å².